The summed E-state index contributed by atoms with van der Waals surface area (Å²) in [6, 6.07) is 0. The van der Waals surface area contributed by atoms with Gasteiger partial charge in [0.25, 0.3) is 0 Å². The van der Waals surface area contributed by atoms with Crippen LogP contribution in [-0.2, 0) is 14.4 Å². The van der Waals surface area contributed by atoms with E-state index in [1.165, 1.54) is 0 Å². The Morgan fingerprint density at radius 3 is 1.60 bits per heavy atom. The van der Waals surface area contributed by atoms with Crippen LogP contribution in [0.15, 0.2) is 24.3 Å². The molecule has 10 heavy (non-hydrogen) atoms. The van der Waals surface area contributed by atoms with Gasteiger partial charge in [0.2, 0.25) is 0 Å². The smallest absolute Gasteiger partial charge is 0.178 e. The minimum Gasteiger partial charge on any atom is -0.299 e. The molecule has 0 heterocycles. The van der Waals surface area contributed by atoms with Gasteiger partial charge in [-0.2, -0.15) is 0 Å². The molecule has 0 aliphatic rings. The van der Waals surface area contributed by atoms with Crippen LogP contribution in [0.1, 0.15) is 0 Å². The molecule has 0 aliphatic carbocycles. The Kier molecular flexibility index (Phi) is 4.77. The summed E-state index contributed by atoms with van der Waals surface area (Å²) >= 11 is 0. The fraction of sp³-hybridized carbons (Fsp3) is 0. The molecule has 0 rings (SSSR count). The molecule has 0 aromatic rings. The van der Waals surface area contributed by atoms with Gasteiger partial charge in [-0.15, -0.1) is 0 Å². The first-order valence-electron chi connectivity index (χ1n) is 2.59. The third-order valence-corrected chi connectivity index (χ3v) is 0.678. The molecule has 0 aromatic carbocycles. The van der Waals surface area contributed by atoms with Crippen molar-refractivity contribution in [2.45, 2.75) is 0 Å². The minimum absolute atomic E-state index is 0.376. The van der Waals surface area contributed by atoms with E-state index in [0.29, 0.717) is 12.6 Å². The van der Waals surface area contributed by atoms with Gasteiger partial charge in [-0.25, -0.2) is 0 Å². The molecule has 0 spiro atoms. The Morgan fingerprint density at radius 2 is 1.30 bits per heavy atom. The van der Waals surface area contributed by atoms with Crippen molar-refractivity contribution in [2.24, 2.45) is 0 Å². The van der Waals surface area contributed by atoms with Gasteiger partial charge in [0.05, 0.1) is 0 Å². The molecule has 0 fully saturated rings. The Labute approximate surface area is 58.0 Å². The summed E-state index contributed by atoms with van der Waals surface area (Å²) in [5.74, 6) is -0.376. The number of allylic oxidation sites excluding steroid dienone is 4. The second-order valence-corrected chi connectivity index (χ2v) is 1.39. The van der Waals surface area contributed by atoms with Crippen LogP contribution in [0.3, 0.4) is 0 Å². The lowest BCUT2D eigenvalue weighted by molar-refractivity contribution is -0.111. The number of aldehydes is 2. The second kappa shape index (κ2) is 5.62. The molecular weight excluding hydrogens is 132 g/mol. The summed E-state index contributed by atoms with van der Waals surface area (Å²) < 4.78 is 0. The van der Waals surface area contributed by atoms with Gasteiger partial charge in [0, 0.05) is 0 Å². The summed E-state index contributed by atoms with van der Waals surface area (Å²) in [5, 5.41) is 0. The maximum Gasteiger partial charge on any atom is 0.178 e. The number of hydrogen-bond acceptors (Lipinski definition) is 3. The quantitative estimate of drug-likeness (QED) is 0.408. The van der Waals surface area contributed by atoms with E-state index in [2.05, 4.69) is 0 Å². The van der Waals surface area contributed by atoms with E-state index in [0.717, 1.165) is 24.3 Å². The molecule has 0 saturated heterocycles. The molecule has 0 aliphatic heterocycles. The number of hydrogen-bond donors (Lipinski definition) is 0. The zero-order valence-electron chi connectivity index (χ0n) is 5.19. The monoisotopic (exact) mass is 138 g/mol. The highest BCUT2D eigenvalue weighted by Crippen LogP contribution is 1.76. The van der Waals surface area contributed by atoms with Crippen molar-refractivity contribution in [1.29, 1.82) is 0 Å². The summed E-state index contributed by atoms with van der Waals surface area (Å²) in [4.78, 5) is 29.8. The van der Waals surface area contributed by atoms with Crippen LogP contribution in [0.4, 0.5) is 0 Å². The first-order chi connectivity index (χ1) is 4.81. The van der Waals surface area contributed by atoms with Crippen molar-refractivity contribution in [3.8, 4) is 0 Å². The largest absolute Gasteiger partial charge is 0.299 e. The molecule has 0 unspecified atom stereocenters. The Bertz CT molecular complexity index is 169. The lowest BCUT2D eigenvalue weighted by Gasteiger charge is -1.74. The lowest BCUT2D eigenvalue weighted by Crippen LogP contribution is -1.84. The molecule has 0 bridgehead atoms. The van der Waals surface area contributed by atoms with Crippen molar-refractivity contribution in [3.05, 3.63) is 24.3 Å². The fourth-order valence-corrected chi connectivity index (χ4v) is 0.324. The Morgan fingerprint density at radius 1 is 0.900 bits per heavy atom. The van der Waals surface area contributed by atoms with Crippen molar-refractivity contribution >= 4 is 18.4 Å². The van der Waals surface area contributed by atoms with E-state index in [1.807, 2.05) is 0 Å². The van der Waals surface area contributed by atoms with Crippen LogP contribution in [-0.4, -0.2) is 18.4 Å². The standard InChI is InChI=1S/C7H6O3/c8-5-1-3-7(10)4-2-6-9/h1-6H. The van der Waals surface area contributed by atoms with E-state index in [9.17, 15) is 14.4 Å². The highest BCUT2D eigenvalue weighted by atomic mass is 16.1. The van der Waals surface area contributed by atoms with Gasteiger partial charge < -0.3 is 0 Å². The van der Waals surface area contributed by atoms with Gasteiger partial charge in [0.15, 0.2) is 5.78 Å². The molecule has 0 radical (unpaired) electrons. The average molecular weight is 138 g/mol. The number of ketones is 1. The molecule has 0 aromatic heterocycles. The fourth-order valence-electron chi connectivity index (χ4n) is 0.324. The first kappa shape index (κ1) is 8.49. The lowest BCUT2D eigenvalue weighted by atomic mass is 10.3. The van der Waals surface area contributed by atoms with Crippen molar-refractivity contribution < 1.29 is 14.4 Å². The summed E-state index contributed by atoms with van der Waals surface area (Å²) in [6.45, 7) is 0. The topological polar surface area (TPSA) is 51.2 Å². The van der Waals surface area contributed by atoms with E-state index < -0.39 is 0 Å². The zero-order valence-corrected chi connectivity index (χ0v) is 5.19. The molecule has 0 saturated carbocycles. The Hall–Kier alpha value is -1.51. The SMILES string of the molecule is O=CC=CC(=O)C=CC=O. The van der Waals surface area contributed by atoms with Crippen LogP contribution < -0.4 is 0 Å². The van der Waals surface area contributed by atoms with Crippen molar-refractivity contribution in [2.75, 3.05) is 0 Å². The van der Waals surface area contributed by atoms with Crippen molar-refractivity contribution in [1.82, 2.24) is 0 Å². The van der Waals surface area contributed by atoms with E-state index in [1.54, 1.807) is 0 Å². The molecular formula is C7H6O3. The number of rotatable bonds is 4. The van der Waals surface area contributed by atoms with Crippen LogP contribution in [0.25, 0.3) is 0 Å². The first-order valence-corrected chi connectivity index (χ1v) is 2.59. The third-order valence-electron chi connectivity index (χ3n) is 0.678. The predicted molar refractivity (Wildman–Crippen MR) is 35.4 cm³/mol. The minimum atomic E-state index is -0.376. The van der Waals surface area contributed by atoms with Gasteiger partial charge in [-0.1, -0.05) is 0 Å². The van der Waals surface area contributed by atoms with Gasteiger partial charge in [-0.05, 0) is 24.3 Å². The molecule has 3 heteroatoms. The summed E-state index contributed by atoms with van der Waals surface area (Å²) in [6.07, 6.45) is 5.27. The normalized spacial score (nSPS) is 10.4. The maximum atomic E-state index is 10.5. The van der Waals surface area contributed by atoms with Gasteiger partial charge in [-0.3, -0.25) is 14.4 Å². The predicted octanol–water partition coefficient (Wildman–Crippen LogP) is 0.0657. The maximum absolute atomic E-state index is 10.5. The number of carbonyl (C=O) groups excluding carboxylic acids is 3. The van der Waals surface area contributed by atoms with Crippen LogP contribution in [0.2, 0.25) is 0 Å². The second-order valence-electron chi connectivity index (χ2n) is 1.39. The molecule has 0 N–H and O–H groups in total. The third kappa shape index (κ3) is 4.64. The van der Waals surface area contributed by atoms with Gasteiger partial charge >= 0.3 is 0 Å². The van der Waals surface area contributed by atoms with Crippen molar-refractivity contribution in [3.63, 3.8) is 0 Å². The average Bonchev–Trinajstić information content (AvgIpc) is 1.97. The highest BCUT2D eigenvalue weighted by Gasteiger charge is 1.84. The Balaban J connectivity index is 3.85. The highest BCUT2D eigenvalue weighted by molar-refractivity contribution is 6.02. The molecule has 0 atom stereocenters. The van der Waals surface area contributed by atoms with E-state index >= 15 is 0 Å². The summed E-state index contributed by atoms with van der Waals surface area (Å²) in [7, 11) is 0. The van der Waals surface area contributed by atoms with Gasteiger partial charge in [0.1, 0.15) is 12.6 Å². The van der Waals surface area contributed by atoms with Crippen LogP contribution in [0, 0.1) is 0 Å². The van der Waals surface area contributed by atoms with Crippen LogP contribution in [0.5, 0.6) is 0 Å². The number of carbonyl (C=O) groups is 3. The molecule has 0 amide bonds. The summed E-state index contributed by atoms with van der Waals surface area (Å²) in [5.41, 5.74) is 0. The van der Waals surface area contributed by atoms with E-state index in [4.69, 9.17) is 0 Å². The van der Waals surface area contributed by atoms with E-state index in [-0.39, 0.29) is 5.78 Å². The van der Waals surface area contributed by atoms with Crippen LogP contribution >= 0.6 is 0 Å². The molecule has 52 valence electrons. The zero-order chi connectivity index (χ0) is 7.82. The molecule has 3 nitrogen and oxygen atoms in total.